The first-order chi connectivity index (χ1) is 14.1. The minimum atomic E-state index is -3.30. The van der Waals surface area contributed by atoms with Crippen LogP contribution in [0.4, 0.5) is 0 Å². The van der Waals surface area contributed by atoms with E-state index in [1.165, 1.54) is 12.1 Å². The lowest BCUT2D eigenvalue weighted by Gasteiger charge is -2.36. The SMILES string of the molecule is CS(=O)(=O)CC[C@H](NC(=O)c1ccc(Cl)cc1)C(=O)N1CCN(C(=O)C2CC2)CC1. The maximum absolute atomic E-state index is 13.1. The maximum atomic E-state index is 13.1. The first-order valence-corrected chi connectivity index (χ1v) is 12.4. The van der Waals surface area contributed by atoms with E-state index in [2.05, 4.69) is 5.32 Å². The molecule has 0 unspecified atom stereocenters. The molecule has 2 fully saturated rings. The van der Waals surface area contributed by atoms with Crippen LogP contribution in [0.25, 0.3) is 0 Å². The molecule has 10 heteroatoms. The highest BCUT2D eigenvalue weighted by Crippen LogP contribution is 2.31. The average molecular weight is 456 g/mol. The maximum Gasteiger partial charge on any atom is 0.251 e. The lowest BCUT2D eigenvalue weighted by atomic mass is 10.1. The summed E-state index contributed by atoms with van der Waals surface area (Å²) in [6.45, 7) is 1.63. The number of nitrogens with one attached hydrogen (secondary N) is 1. The second kappa shape index (κ2) is 9.34. The zero-order valence-corrected chi connectivity index (χ0v) is 18.4. The largest absolute Gasteiger partial charge is 0.340 e. The highest BCUT2D eigenvalue weighted by atomic mass is 35.5. The van der Waals surface area contributed by atoms with Crippen LogP contribution in [0.1, 0.15) is 29.6 Å². The number of carbonyl (C=O) groups is 3. The number of halogens is 1. The third-order valence-electron chi connectivity index (χ3n) is 5.32. The van der Waals surface area contributed by atoms with E-state index in [1.54, 1.807) is 21.9 Å². The van der Waals surface area contributed by atoms with Crippen LogP contribution in [-0.4, -0.2) is 80.2 Å². The molecular weight excluding hydrogens is 430 g/mol. The molecule has 1 N–H and O–H groups in total. The molecule has 1 aromatic rings. The Morgan fingerprint density at radius 3 is 2.17 bits per heavy atom. The molecule has 8 nitrogen and oxygen atoms in total. The van der Waals surface area contributed by atoms with E-state index in [4.69, 9.17) is 11.6 Å². The van der Waals surface area contributed by atoms with Crippen molar-refractivity contribution in [2.24, 2.45) is 5.92 Å². The Hall–Kier alpha value is -2.13. The van der Waals surface area contributed by atoms with Crippen molar-refractivity contribution in [2.75, 3.05) is 38.2 Å². The van der Waals surface area contributed by atoms with Gasteiger partial charge < -0.3 is 15.1 Å². The van der Waals surface area contributed by atoms with Gasteiger partial charge in [-0.1, -0.05) is 11.6 Å². The summed E-state index contributed by atoms with van der Waals surface area (Å²) < 4.78 is 23.2. The molecule has 2 aliphatic rings. The van der Waals surface area contributed by atoms with Crippen LogP contribution in [0.15, 0.2) is 24.3 Å². The number of piperazine rings is 1. The molecule has 1 heterocycles. The second-order valence-corrected chi connectivity index (χ2v) is 10.6. The summed E-state index contributed by atoms with van der Waals surface area (Å²) in [6, 6.07) is 5.25. The molecule has 164 valence electrons. The molecule has 1 saturated carbocycles. The van der Waals surface area contributed by atoms with Gasteiger partial charge in [-0.15, -0.1) is 0 Å². The average Bonchev–Trinajstić information content (AvgIpc) is 3.55. The molecule has 1 aromatic carbocycles. The Labute approximate surface area is 181 Å². The summed E-state index contributed by atoms with van der Waals surface area (Å²) in [4.78, 5) is 41.2. The fourth-order valence-corrected chi connectivity index (χ4v) is 4.18. The number of hydrogen-bond acceptors (Lipinski definition) is 5. The van der Waals surface area contributed by atoms with E-state index in [1.807, 2.05) is 0 Å². The Balaban J connectivity index is 1.64. The van der Waals surface area contributed by atoms with Crippen LogP contribution in [0.3, 0.4) is 0 Å². The number of amides is 3. The minimum Gasteiger partial charge on any atom is -0.340 e. The highest BCUT2D eigenvalue weighted by Gasteiger charge is 2.36. The summed E-state index contributed by atoms with van der Waals surface area (Å²) in [5, 5.41) is 3.15. The van der Waals surface area contributed by atoms with E-state index in [0.717, 1.165) is 19.1 Å². The lowest BCUT2D eigenvalue weighted by molar-refractivity contribution is -0.141. The van der Waals surface area contributed by atoms with E-state index in [0.29, 0.717) is 36.8 Å². The van der Waals surface area contributed by atoms with E-state index in [-0.39, 0.29) is 29.9 Å². The molecule has 0 spiro atoms. The first-order valence-electron chi connectivity index (χ1n) is 9.96. The van der Waals surface area contributed by atoms with E-state index in [9.17, 15) is 22.8 Å². The third kappa shape index (κ3) is 6.18. The number of benzene rings is 1. The zero-order valence-electron chi connectivity index (χ0n) is 16.8. The van der Waals surface area contributed by atoms with Gasteiger partial charge in [-0.3, -0.25) is 14.4 Å². The van der Waals surface area contributed by atoms with Gasteiger partial charge in [0.1, 0.15) is 15.9 Å². The predicted molar refractivity (Wildman–Crippen MR) is 113 cm³/mol. The van der Waals surface area contributed by atoms with Crippen molar-refractivity contribution in [3.8, 4) is 0 Å². The number of hydrogen-bond donors (Lipinski definition) is 1. The quantitative estimate of drug-likeness (QED) is 0.659. The Bertz CT molecular complexity index is 907. The van der Waals surface area contributed by atoms with Crippen molar-refractivity contribution in [2.45, 2.75) is 25.3 Å². The fourth-order valence-electron chi connectivity index (χ4n) is 3.39. The molecule has 0 aromatic heterocycles. The van der Waals surface area contributed by atoms with Crippen molar-refractivity contribution < 1.29 is 22.8 Å². The van der Waals surface area contributed by atoms with Gasteiger partial charge >= 0.3 is 0 Å². The smallest absolute Gasteiger partial charge is 0.251 e. The van der Waals surface area contributed by atoms with Gasteiger partial charge in [-0.05, 0) is 43.5 Å². The molecule has 1 saturated heterocycles. The second-order valence-electron chi connectivity index (χ2n) is 7.88. The number of rotatable bonds is 7. The molecule has 1 atom stereocenters. The molecule has 1 aliphatic heterocycles. The summed E-state index contributed by atoms with van der Waals surface area (Å²) in [7, 11) is -3.30. The summed E-state index contributed by atoms with van der Waals surface area (Å²) in [6.07, 6.45) is 2.95. The fraction of sp³-hybridized carbons (Fsp3) is 0.550. The monoisotopic (exact) mass is 455 g/mol. The molecule has 30 heavy (non-hydrogen) atoms. The topological polar surface area (TPSA) is 104 Å². The molecular formula is C20H26ClN3O5S. The molecule has 1 aliphatic carbocycles. The van der Waals surface area contributed by atoms with Crippen LogP contribution in [0.5, 0.6) is 0 Å². The van der Waals surface area contributed by atoms with Crippen LogP contribution >= 0.6 is 11.6 Å². The summed E-state index contributed by atoms with van der Waals surface area (Å²) in [5.74, 6) is -0.745. The van der Waals surface area contributed by atoms with Crippen LogP contribution in [0.2, 0.25) is 5.02 Å². The lowest BCUT2D eigenvalue weighted by Crippen LogP contribution is -2.56. The van der Waals surface area contributed by atoms with Gasteiger partial charge in [0.25, 0.3) is 5.91 Å². The summed E-state index contributed by atoms with van der Waals surface area (Å²) in [5.41, 5.74) is 0.330. The minimum absolute atomic E-state index is 0.0157. The third-order valence-corrected chi connectivity index (χ3v) is 6.55. The molecule has 0 bridgehead atoms. The molecule has 3 amide bonds. The van der Waals surface area contributed by atoms with Crippen molar-refractivity contribution in [3.05, 3.63) is 34.9 Å². The first kappa shape index (κ1) is 22.6. The zero-order chi connectivity index (χ0) is 21.9. The van der Waals surface area contributed by atoms with Crippen LogP contribution < -0.4 is 5.32 Å². The standard InChI is InChI=1S/C20H26ClN3O5S/c1-30(28,29)13-8-17(22-18(25)14-4-6-16(21)7-5-14)20(27)24-11-9-23(10-12-24)19(26)15-2-3-15/h4-7,15,17H,2-3,8-13H2,1H3,(H,22,25)/t17-/m0/s1. The molecule has 0 radical (unpaired) electrons. The molecule has 3 rings (SSSR count). The number of sulfone groups is 1. The van der Waals surface area contributed by atoms with Gasteiger partial charge in [0.2, 0.25) is 11.8 Å². The van der Waals surface area contributed by atoms with Crippen LogP contribution in [0, 0.1) is 5.92 Å². The normalized spacial score (nSPS) is 18.1. The van der Waals surface area contributed by atoms with Gasteiger partial charge in [-0.25, -0.2) is 8.42 Å². The van der Waals surface area contributed by atoms with Gasteiger partial charge in [-0.2, -0.15) is 0 Å². The van der Waals surface area contributed by atoms with Gasteiger partial charge in [0.05, 0.1) is 5.75 Å². The van der Waals surface area contributed by atoms with E-state index < -0.39 is 21.8 Å². The summed E-state index contributed by atoms with van der Waals surface area (Å²) >= 11 is 5.84. The van der Waals surface area contributed by atoms with Gasteiger partial charge in [0.15, 0.2) is 0 Å². The van der Waals surface area contributed by atoms with Gasteiger partial charge in [0, 0.05) is 48.9 Å². The van der Waals surface area contributed by atoms with Crippen molar-refractivity contribution in [3.63, 3.8) is 0 Å². The predicted octanol–water partition coefficient (Wildman–Crippen LogP) is 0.954. The Morgan fingerprint density at radius 2 is 1.63 bits per heavy atom. The Kier molecular flexibility index (Phi) is 7.02. The van der Waals surface area contributed by atoms with Crippen molar-refractivity contribution >= 4 is 39.2 Å². The highest BCUT2D eigenvalue weighted by molar-refractivity contribution is 7.90. The van der Waals surface area contributed by atoms with Crippen molar-refractivity contribution in [1.82, 2.24) is 15.1 Å². The van der Waals surface area contributed by atoms with E-state index >= 15 is 0 Å². The van der Waals surface area contributed by atoms with Crippen molar-refractivity contribution in [1.29, 1.82) is 0 Å². The number of carbonyl (C=O) groups excluding carboxylic acids is 3. The Morgan fingerprint density at radius 1 is 1.07 bits per heavy atom. The van der Waals surface area contributed by atoms with Crippen LogP contribution in [-0.2, 0) is 19.4 Å². The number of nitrogens with zero attached hydrogens (tertiary/aromatic N) is 2.